The summed E-state index contributed by atoms with van der Waals surface area (Å²) in [5, 5.41) is 0. The molecule has 1 aliphatic rings. The molecule has 6 nitrogen and oxygen atoms in total. The van der Waals surface area contributed by atoms with Crippen molar-refractivity contribution in [3.8, 4) is 0 Å². The highest BCUT2D eigenvalue weighted by atomic mass is 79.9. The summed E-state index contributed by atoms with van der Waals surface area (Å²) in [5.74, 6) is 0.0736. The first-order valence-electron chi connectivity index (χ1n) is 9.95. The molecule has 0 bridgehead atoms. The standard InChI is InChI=1S/C21H33BrN2O4S/c1-20(2,3)28-19(25)24-13-11-15(12-14-24)18(16-9-7-8-10-17(16)22)23-29(26,27)21(4,5)6/h7-10,15,18,23H,11-14H2,1-6H3/t18-/m1/s1. The summed E-state index contributed by atoms with van der Waals surface area (Å²) >= 11 is 3.57. The molecule has 1 amide bonds. The highest BCUT2D eigenvalue weighted by Gasteiger charge is 2.37. The average molecular weight is 489 g/mol. The number of benzene rings is 1. The predicted molar refractivity (Wildman–Crippen MR) is 119 cm³/mol. The Morgan fingerprint density at radius 2 is 1.69 bits per heavy atom. The number of carbonyl (C=O) groups excluding carboxylic acids is 1. The minimum atomic E-state index is -3.54. The number of amides is 1. The van der Waals surface area contributed by atoms with Gasteiger partial charge in [-0.1, -0.05) is 34.1 Å². The van der Waals surface area contributed by atoms with E-state index >= 15 is 0 Å². The molecule has 8 heteroatoms. The smallest absolute Gasteiger partial charge is 0.410 e. The number of nitrogens with one attached hydrogen (secondary N) is 1. The van der Waals surface area contributed by atoms with E-state index in [1.165, 1.54) is 0 Å². The summed E-state index contributed by atoms with van der Waals surface area (Å²) < 4.78 is 34.2. The number of hydrogen-bond donors (Lipinski definition) is 1. The highest BCUT2D eigenvalue weighted by molar-refractivity contribution is 9.10. The van der Waals surface area contributed by atoms with Crippen molar-refractivity contribution in [2.24, 2.45) is 5.92 Å². The monoisotopic (exact) mass is 488 g/mol. The molecule has 1 aromatic rings. The Hall–Kier alpha value is -1.12. The normalized spacial score (nSPS) is 17.8. The molecule has 1 N–H and O–H groups in total. The van der Waals surface area contributed by atoms with Gasteiger partial charge in [0.05, 0.1) is 10.8 Å². The van der Waals surface area contributed by atoms with E-state index in [0.717, 1.165) is 10.0 Å². The largest absolute Gasteiger partial charge is 0.444 e. The van der Waals surface area contributed by atoms with Gasteiger partial charge in [-0.15, -0.1) is 0 Å². The molecule has 1 aliphatic heterocycles. The molecule has 1 atom stereocenters. The summed E-state index contributed by atoms with van der Waals surface area (Å²) in [6.45, 7) is 11.7. The number of nitrogens with zero attached hydrogens (tertiary/aromatic N) is 1. The average Bonchev–Trinajstić information content (AvgIpc) is 2.58. The SMILES string of the molecule is CC(C)(C)OC(=O)N1CCC([C@@H](NS(=O)(=O)C(C)(C)C)c2ccccc2Br)CC1. The Kier molecular flexibility index (Phi) is 7.44. The number of sulfonamides is 1. The van der Waals surface area contributed by atoms with Crippen LogP contribution in [0.25, 0.3) is 0 Å². The van der Waals surface area contributed by atoms with Crippen molar-refractivity contribution in [1.82, 2.24) is 9.62 Å². The lowest BCUT2D eigenvalue weighted by molar-refractivity contribution is 0.0171. The number of likely N-dealkylation sites (tertiary alicyclic amines) is 1. The van der Waals surface area contributed by atoms with Crippen molar-refractivity contribution in [1.29, 1.82) is 0 Å². The van der Waals surface area contributed by atoms with E-state index in [1.807, 2.05) is 45.0 Å². The molecule has 0 radical (unpaired) electrons. The van der Waals surface area contributed by atoms with E-state index in [-0.39, 0.29) is 18.1 Å². The van der Waals surface area contributed by atoms with Gasteiger partial charge in [0.2, 0.25) is 10.0 Å². The lowest BCUT2D eigenvalue weighted by Crippen LogP contribution is -2.47. The topological polar surface area (TPSA) is 75.7 Å². The van der Waals surface area contributed by atoms with Gasteiger partial charge in [-0.05, 0) is 71.9 Å². The van der Waals surface area contributed by atoms with Gasteiger partial charge >= 0.3 is 6.09 Å². The van der Waals surface area contributed by atoms with Gasteiger partial charge in [-0.25, -0.2) is 17.9 Å². The van der Waals surface area contributed by atoms with Crippen molar-refractivity contribution >= 4 is 32.0 Å². The first-order valence-corrected chi connectivity index (χ1v) is 12.2. The Morgan fingerprint density at radius 1 is 1.14 bits per heavy atom. The lowest BCUT2D eigenvalue weighted by atomic mass is 9.86. The third kappa shape index (κ3) is 6.43. The van der Waals surface area contributed by atoms with Gasteiger partial charge in [-0.2, -0.15) is 0 Å². The minimum Gasteiger partial charge on any atom is -0.444 e. The Labute approximate surface area is 183 Å². The van der Waals surface area contributed by atoms with E-state index in [0.29, 0.717) is 25.9 Å². The maximum atomic E-state index is 12.9. The lowest BCUT2D eigenvalue weighted by Gasteiger charge is -2.38. The molecule has 0 aliphatic carbocycles. The zero-order valence-electron chi connectivity index (χ0n) is 18.2. The number of piperidine rings is 1. The van der Waals surface area contributed by atoms with Crippen LogP contribution in [-0.2, 0) is 14.8 Å². The second-order valence-corrected chi connectivity index (χ2v) is 12.9. The third-order valence-corrected chi connectivity index (χ3v) is 7.89. The van der Waals surface area contributed by atoms with E-state index in [2.05, 4.69) is 20.7 Å². The molecule has 1 aromatic carbocycles. The van der Waals surface area contributed by atoms with Gasteiger partial charge in [-0.3, -0.25) is 0 Å². The van der Waals surface area contributed by atoms with Crippen molar-refractivity contribution in [3.63, 3.8) is 0 Å². The third-order valence-electron chi connectivity index (χ3n) is 4.99. The molecule has 1 fully saturated rings. The fourth-order valence-electron chi connectivity index (χ4n) is 3.23. The predicted octanol–water partition coefficient (Wildman–Crippen LogP) is 4.86. The van der Waals surface area contributed by atoms with E-state index in [9.17, 15) is 13.2 Å². The van der Waals surface area contributed by atoms with Crippen LogP contribution in [0.15, 0.2) is 28.7 Å². The maximum Gasteiger partial charge on any atom is 0.410 e. The quantitative estimate of drug-likeness (QED) is 0.656. The zero-order chi connectivity index (χ0) is 22.0. The van der Waals surface area contributed by atoms with Gasteiger partial charge in [0.25, 0.3) is 0 Å². The van der Waals surface area contributed by atoms with Crippen LogP contribution in [0.4, 0.5) is 4.79 Å². The number of carbonyl (C=O) groups is 1. The molecule has 29 heavy (non-hydrogen) atoms. The Balaban J connectivity index is 2.21. The number of hydrogen-bond acceptors (Lipinski definition) is 4. The number of rotatable bonds is 4. The fourth-order valence-corrected chi connectivity index (χ4v) is 4.77. The summed E-state index contributed by atoms with van der Waals surface area (Å²) in [6.07, 6.45) is 1.07. The van der Waals surface area contributed by atoms with Crippen LogP contribution in [-0.4, -0.2) is 42.8 Å². The molecular weight excluding hydrogens is 456 g/mol. The van der Waals surface area contributed by atoms with Crippen LogP contribution in [0.1, 0.15) is 66.0 Å². The molecule has 1 heterocycles. The molecule has 0 unspecified atom stereocenters. The van der Waals surface area contributed by atoms with Gasteiger partial charge < -0.3 is 9.64 Å². The van der Waals surface area contributed by atoms with Crippen LogP contribution in [0.3, 0.4) is 0 Å². The summed E-state index contributed by atoms with van der Waals surface area (Å²) in [7, 11) is -3.54. The van der Waals surface area contributed by atoms with E-state index in [4.69, 9.17) is 4.74 Å². The van der Waals surface area contributed by atoms with Gasteiger partial charge in [0.1, 0.15) is 5.60 Å². The molecule has 2 rings (SSSR count). The summed E-state index contributed by atoms with van der Waals surface area (Å²) in [4.78, 5) is 14.1. The van der Waals surface area contributed by atoms with Crippen LogP contribution in [0, 0.1) is 5.92 Å². The molecule has 1 saturated heterocycles. The van der Waals surface area contributed by atoms with E-state index < -0.39 is 20.4 Å². The summed E-state index contributed by atoms with van der Waals surface area (Å²) in [6, 6.07) is 7.32. The molecule has 0 saturated carbocycles. The first kappa shape index (κ1) is 24.2. The van der Waals surface area contributed by atoms with Crippen molar-refractivity contribution < 1.29 is 17.9 Å². The van der Waals surface area contributed by atoms with Gasteiger partial charge in [0.15, 0.2) is 0 Å². The van der Waals surface area contributed by atoms with Crippen LogP contribution >= 0.6 is 15.9 Å². The molecule has 0 aromatic heterocycles. The van der Waals surface area contributed by atoms with Crippen LogP contribution < -0.4 is 4.72 Å². The zero-order valence-corrected chi connectivity index (χ0v) is 20.6. The second-order valence-electron chi connectivity index (χ2n) is 9.54. The molecule has 0 spiro atoms. The van der Waals surface area contributed by atoms with Gasteiger partial charge in [0, 0.05) is 17.6 Å². The highest BCUT2D eigenvalue weighted by Crippen LogP contribution is 2.36. The fraction of sp³-hybridized carbons (Fsp3) is 0.667. The first-order chi connectivity index (χ1) is 13.2. The Morgan fingerprint density at radius 3 is 2.17 bits per heavy atom. The van der Waals surface area contributed by atoms with E-state index in [1.54, 1.807) is 25.7 Å². The summed E-state index contributed by atoms with van der Waals surface area (Å²) in [5.41, 5.74) is 0.379. The van der Waals surface area contributed by atoms with Crippen molar-refractivity contribution in [2.45, 2.75) is 70.8 Å². The molecule has 164 valence electrons. The minimum absolute atomic E-state index is 0.0736. The number of halogens is 1. The Bertz CT molecular complexity index is 820. The van der Waals surface area contributed by atoms with Crippen LogP contribution in [0.5, 0.6) is 0 Å². The number of ether oxygens (including phenoxy) is 1. The second kappa shape index (κ2) is 8.94. The maximum absolute atomic E-state index is 12.9. The van der Waals surface area contributed by atoms with Crippen molar-refractivity contribution in [2.75, 3.05) is 13.1 Å². The van der Waals surface area contributed by atoms with Crippen LogP contribution in [0.2, 0.25) is 0 Å². The van der Waals surface area contributed by atoms with Crippen molar-refractivity contribution in [3.05, 3.63) is 34.3 Å². The molecular formula is C21H33BrN2O4S.